The summed E-state index contributed by atoms with van der Waals surface area (Å²) in [5, 5.41) is 9.91. The summed E-state index contributed by atoms with van der Waals surface area (Å²) in [5.41, 5.74) is 2.89. The van der Waals surface area contributed by atoms with Crippen LogP contribution in [0.1, 0.15) is 23.2 Å². The number of aromatic nitrogens is 2. The number of carbonyl (C=O) groups is 1. The monoisotopic (exact) mass is 363 g/mol. The summed E-state index contributed by atoms with van der Waals surface area (Å²) < 4.78 is 11.3. The summed E-state index contributed by atoms with van der Waals surface area (Å²) in [7, 11) is 0. The van der Waals surface area contributed by atoms with Crippen LogP contribution in [0.4, 0.5) is 5.69 Å². The second-order valence-electron chi connectivity index (χ2n) is 6.45. The molecule has 1 aromatic heterocycles. The quantitative estimate of drug-likeness (QED) is 0.697. The Bertz CT molecular complexity index is 902. The van der Waals surface area contributed by atoms with Crippen molar-refractivity contribution in [2.24, 2.45) is 0 Å². The molecule has 0 aliphatic carbocycles. The number of H-pyrrole nitrogens is 1. The molecule has 0 spiro atoms. The molecule has 3 aromatic rings. The lowest BCUT2D eigenvalue weighted by molar-refractivity contribution is 0.0679. The number of rotatable bonds is 6. The lowest BCUT2D eigenvalue weighted by Crippen LogP contribution is -2.17. The Morgan fingerprint density at radius 2 is 2.11 bits per heavy atom. The van der Waals surface area contributed by atoms with Crippen molar-refractivity contribution < 1.29 is 14.3 Å². The lowest BCUT2D eigenvalue weighted by atomic mass is 10.1. The Morgan fingerprint density at radius 1 is 1.22 bits per heavy atom. The van der Waals surface area contributed by atoms with Crippen LogP contribution in [-0.4, -0.2) is 35.4 Å². The molecule has 0 bridgehead atoms. The fraction of sp³-hybridized carbons (Fsp3) is 0.238. The van der Waals surface area contributed by atoms with E-state index in [9.17, 15) is 4.79 Å². The molecule has 1 atom stereocenters. The molecular formula is C21H21N3O3. The van der Waals surface area contributed by atoms with Gasteiger partial charge >= 0.3 is 0 Å². The van der Waals surface area contributed by atoms with Gasteiger partial charge in [-0.3, -0.25) is 9.89 Å². The van der Waals surface area contributed by atoms with Crippen molar-refractivity contribution in [3.05, 3.63) is 66.4 Å². The first kappa shape index (κ1) is 17.3. The van der Waals surface area contributed by atoms with Gasteiger partial charge in [-0.05, 0) is 31.0 Å². The molecule has 6 heteroatoms. The van der Waals surface area contributed by atoms with Gasteiger partial charge in [0.1, 0.15) is 12.4 Å². The van der Waals surface area contributed by atoms with Crippen molar-refractivity contribution >= 4 is 11.6 Å². The summed E-state index contributed by atoms with van der Waals surface area (Å²) in [5.74, 6) is 0.449. The average Bonchev–Trinajstić information content (AvgIpc) is 3.39. The summed E-state index contributed by atoms with van der Waals surface area (Å²) in [6.45, 7) is 1.30. The smallest absolute Gasteiger partial charge is 0.255 e. The van der Waals surface area contributed by atoms with Crippen LogP contribution < -0.4 is 10.1 Å². The van der Waals surface area contributed by atoms with Gasteiger partial charge in [-0.1, -0.05) is 36.4 Å². The molecule has 1 aliphatic rings. The highest BCUT2D eigenvalue weighted by Gasteiger charge is 2.17. The third-order valence-corrected chi connectivity index (χ3v) is 4.51. The van der Waals surface area contributed by atoms with Crippen molar-refractivity contribution in [1.29, 1.82) is 0 Å². The fourth-order valence-corrected chi connectivity index (χ4v) is 3.09. The van der Waals surface area contributed by atoms with E-state index in [1.165, 1.54) is 0 Å². The number of benzene rings is 2. The summed E-state index contributed by atoms with van der Waals surface area (Å²) in [4.78, 5) is 12.7. The van der Waals surface area contributed by atoms with Crippen LogP contribution in [-0.2, 0) is 4.74 Å². The highest BCUT2D eigenvalue weighted by Crippen LogP contribution is 2.26. The van der Waals surface area contributed by atoms with E-state index in [-0.39, 0.29) is 12.0 Å². The minimum atomic E-state index is -0.212. The maximum atomic E-state index is 12.7. The fourth-order valence-electron chi connectivity index (χ4n) is 3.09. The zero-order valence-corrected chi connectivity index (χ0v) is 14.9. The van der Waals surface area contributed by atoms with Crippen LogP contribution in [0.25, 0.3) is 11.3 Å². The van der Waals surface area contributed by atoms with Crippen LogP contribution in [0.2, 0.25) is 0 Å². The van der Waals surface area contributed by atoms with E-state index < -0.39 is 0 Å². The zero-order valence-electron chi connectivity index (χ0n) is 14.9. The van der Waals surface area contributed by atoms with Crippen LogP contribution in [0.15, 0.2) is 60.8 Å². The molecule has 1 unspecified atom stereocenters. The zero-order chi connectivity index (χ0) is 18.5. The lowest BCUT2D eigenvalue weighted by Gasteiger charge is -2.12. The first-order valence-corrected chi connectivity index (χ1v) is 9.04. The van der Waals surface area contributed by atoms with Gasteiger partial charge in [0.25, 0.3) is 5.91 Å². The molecule has 2 aromatic carbocycles. The van der Waals surface area contributed by atoms with Crippen LogP contribution in [0.5, 0.6) is 5.75 Å². The van der Waals surface area contributed by atoms with E-state index in [0.717, 1.165) is 30.7 Å². The Balaban J connectivity index is 1.44. The van der Waals surface area contributed by atoms with E-state index >= 15 is 0 Å². The molecule has 1 saturated heterocycles. The topological polar surface area (TPSA) is 76.2 Å². The van der Waals surface area contributed by atoms with Crippen molar-refractivity contribution in [2.45, 2.75) is 18.9 Å². The van der Waals surface area contributed by atoms with Gasteiger partial charge in [0.15, 0.2) is 0 Å². The number of nitrogens with one attached hydrogen (secondary N) is 2. The van der Waals surface area contributed by atoms with E-state index in [4.69, 9.17) is 9.47 Å². The summed E-state index contributed by atoms with van der Waals surface area (Å²) in [6.07, 6.45) is 3.84. The van der Waals surface area contributed by atoms with Crippen molar-refractivity contribution in [3.63, 3.8) is 0 Å². The second kappa shape index (κ2) is 8.05. The number of anilines is 1. The van der Waals surface area contributed by atoms with Crippen molar-refractivity contribution in [3.8, 4) is 17.0 Å². The average molecular weight is 363 g/mol. The molecule has 0 saturated carbocycles. The van der Waals surface area contributed by atoms with Gasteiger partial charge in [0.05, 0.1) is 23.7 Å². The molecule has 1 fully saturated rings. The Kier molecular flexibility index (Phi) is 5.16. The maximum Gasteiger partial charge on any atom is 0.255 e. The molecule has 4 rings (SSSR count). The Morgan fingerprint density at radius 3 is 2.93 bits per heavy atom. The predicted molar refractivity (Wildman–Crippen MR) is 103 cm³/mol. The van der Waals surface area contributed by atoms with Crippen LogP contribution in [0.3, 0.4) is 0 Å². The summed E-state index contributed by atoms with van der Waals surface area (Å²) in [6, 6.07) is 16.9. The van der Waals surface area contributed by atoms with E-state index in [1.54, 1.807) is 18.3 Å². The molecule has 138 valence electrons. The van der Waals surface area contributed by atoms with Crippen molar-refractivity contribution in [2.75, 3.05) is 18.5 Å². The number of hydrogen-bond donors (Lipinski definition) is 2. The SMILES string of the molecule is O=C(Nc1cn[nH]c1-c1ccccc1)c1cccc(OCC2CCCO2)c1. The minimum absolute atomic E-state index is 0.141. The minimum Gasteiger partial charge on any atom is -0.491 e. The van der Waals surface area contributed by atoms with Gasteiger partial charge in [-0.2, -0.15) is 5.10 Å². The van der Waals surface area contributed by atoms with Gasteiger partial charge in [-0.25, -0.2) is 0 Å². The summed E-state index contributed by atoms with van der Waals surface area (Å²) >= 11 is 0. The maximum absolute atomic E-state index is 12.7. The third kappa shape index (κ3) is 4.17. The van der Waals surface area contributed by atoms with E-state index in [2.05, 4.69) is 15.5 Å². The number of nitrogens with zero attached hydrogens (tertiary/aromatic N) is 1. The molecule has 2 heterocycles. The number of amides is 1. The highest BCUT2D eigenvalue weighted by atomic mass is 16.5. The third-order valence-electron chi connectivity index (χ3n) is 4.51. The molecule has 6 nitrogen and oxygen atoms in total. The highest BCUT2D eigenvalue weighted by molar-refractivity contribution is 6.06. The predicted octanol–water partition coefficient (Wildman–Crippen LogP) is 3.89. The number of ether oxygens (including phenoxy) is 2. The second-order valence-corrected chi connectivity index (χ2v) is 6.45. The Hall–Kier alpha value is -3.12. The normalized spacial score (nSPS) is 16.2. The van der Waals surface area contributed by atoms with E-state index in [0.29, 0.717) is 23.6 Å². The molecule has 27 heavy (non-hydrogen) atoms. The van der Waals surface area contributed by atoms with E-state index in [1.807, 2.05) is 42.5 Å². The molecule has 2 N–H and O–H groups in total. The number of aromatic amines is 1. The van der Waals surface area contributed by atoms with Gasteiger partial charge in [0, 0.05) is 17.7 Å². The molecule has 1 amide bonds. The van der Waals surface area contributed by atoms with Gasteiger partial charge in [0.2, 0.25) is 0 Å². The van der Waals surface area contributed by atoms with Gasteiger partial charge in [-0.15, -0.1) is 0 Å². The van der Waals surface area contributed by atoms with Crippen molar-refractivity contribution in [1.82, 2.24) is 10.2 Å². The first-order valence-electron chi connectivity index (χ1n) is 9.04. The number of carbonyl (C=O) groups excluding carboxylic acids is 1. The van der Waals surface area contributed by atoms with Crippen LogP contribution in [0, 0.1) is 0 Å². The van der Waals surface area contributed by atoms with Crippen LogP contribution >= 0.6 is 0 Å². The largest absolute Gasteiger partial charge is 0.491 e. The standard InChI is InChI=1S/C21H21N3O3/c25-21(23-19-13-22-24-20(19)15-6-2-1-3-7-15)16-8-4-9-17(12-16)27-14-18-10-5-11-26-18/h1-4,6-9,12-13,18H,5,10-11,14H2,(H,22,24)(H,23,25). The molecule has 0 radical (unpaired) electrons. The molecular weight excluding hydrogens is 342 g/mol. The number of hydrogen-bond acceptors (Lipinski definition) is 4. The van der Waals surface area contributed by atoms with Gasteiger partial charge < -0.3 is 14.8 Å². The first-order chi connectivity index (χ1) is 13.3. The molecule has 1 aliphatic heterocycles. The Labute approximate surface area is 157 Å².